The number of rotatable bonds is 7. The van der Waals surface area contributed by atoms with Crippen molar-refractivity contribution in [1.82, 2.24) is 18.7 Å². The third-order valence-electron chi connectivity index (χ3n) is 6.45. The number of aromatic nitrogens is 4. The molecule has 0 aliphatic heterocycles. The van der Waals surface area contributed by atoms with Gasteiger partial charge in [-0.1, -0.05) is 68.4 Å². The molecule has 5 aromatic rings. The molecule has 0 amide bonds. The van der Waals surface area contributed by atoms with Crippen LogP contribution in [0.25, 0.3) is 16.9 Å². The van der Waals surface area contributed by atoms with Crippen LogP contribution >= 0.6 is 0 Å². The largest absolute Gasteiger partial charge is 0.337 e. The Labute approximate surface area is 207 Å². The van der Waals surface area contributed by atoms with E-state index in [1.165, 1.54) is 21.3 Å². The third-order valence-corrected chi connectivity index (χ3v) is 6.45. The number of halogens is 1. The van der Waals surface area contributed by atoms with Crippen LogP contribution in [-0.2, 0) is 19.5 Å². The van der Waals surface area contributed by atoms with Crippen LogP contribution in [0, 0.1) is 5.82 Å². The second kappa shape index (κ2) is 9.77. The van der Waals surface area contributed by atoms with Crippen LogP contribution in [0.2, 0.25) is 0 Å². The van der Waals surface area contributed by atoms with Crippen molar-refractivity contribution in [2.75, 3.05) is 0 Å². The minimum Gasteiger partial charge on any atom is -0.320 e. The van der Waals surface area contributed by atoms with E-state index in [-0.39, 0.29) is 17.9 Å². The van der Waals surface area contributed by atoms with Gasteiger partial charge in [-0.3, -0.25) is 9.36 Å². The number of aryl methyl sites for hydroxylation is 1. The molecule has 0 N–H and O–H groups in total. The second-order valence-corrected chi connectivity index (χ2v) is 9.23. The first-order chi connectivity index (χ1) is 17.4. The number of hydrogen-bond donors (Lipinski definition) is 0. The molecule has 6 nitrogen and oxygen atoms in total. The molecular weight excluding hydrogens is 455 g/mol. The summed E-state index contributed by atoms with van der Waals surface area (Å²) in [6.07, 6.45) is 2.11. The summed E-state index contributed by atoms with van der Waals surface area (Å²) < 4.78 is 17.9. The van der Waals surface area contributed by atoms with Gasteiger partial charge in [0.15, 0.2) is 11.2 Å². The van der Waals surface area contributed by atoms with Crippen molar-refractivity contribution in [3.63, 3.8) is 0 Å². The molecule has 0 saturated carbocycles. The summed E-state index contributed by atoms with van der Waals surface area (Å²) in [7, 11) is 0. The van der Waals surface area contributed by atoms with Crippen molar-refractivity contribution >= 4 is 11.2 Å². The topological polar surface area (TPSA) is 61.8 Å². The Hall–Kier alpha value is -4.26. The maximum absolute atomic E-state index is 13.7. The zero-order chi connectivity index (χ0) is 25.2. The number of hydrogen-bond acceptors (Lipinski definition) is 3. The zero-order valence-electron chi connectivity index (χ0n) is 20.3. The molecule has 2 aromatic heterocycles. The van der Waals surface area contributed by atoms with Crippen LogP contribution in [0.4, 0.5) is 4.39 Å². The molecule has 0 aliphatic carbocycles. The van der Waals surface area contributed by atoms with E-state index < -0.39 is 5.69 Å². The highest BCUT2D eigenvalue weighted by atomic mass is 19.1. The first kappa shape index (κ1) is 23.5. The van der Waals surface area contributed by atoms with E-state index in [1.807, 2.05) is 54.6 Å². The van der Waals surface area contributed by atoms with Crippen LogP contribution in [0.3, 0.4) is 0 Å². The fraction of sp³-hybridized carbons (Fsp3) is 0.207. The van der Waals surface area contributed by atoms with E-state index in [4.69, 9.17) is 0 Å². The van der Waals surface area contributed by atoms with Gasteiger partial charge in [0.05, 0.1) is 12.0 Å². The molecule has 182 valence electrons. The maximum atomic E-state index is 13.7. The summed E-state index contributed by atoms with van der Waals surface area (Å²) >= 11 is 0. The lowest BCUT2D eigenvalue weighted by molar-refractivity contribution is 0.615. The number of benzene rings is 3. The molecule has 7 heteroatoms. The fourth-order valence-corrected chi connectivity index (χ4v) is 4.41. The van der Waals surface area contributed by atoms with E-state index in [0.29, 0.717) is 35.7 Å². The molecule has 5 rings (SSSR count). The zero-order valence-corrected chi connectivity index (χ0v) is 20.3. The fourth-order valence-electron chi connectivity index (χ4n) is 4.41. The molecule has 3 aromatic carbocycles. The third kappa shape index (κ3) is 4.52. The first-order valence-electron chi connectivity index (χ1n) is 12.0. The van der Waals surface area contributed by atoms with Gasteiger partial charge in [-0.25, -0.2) is 18.7 Å². The van der Waals surface area contributed by atoms with Crippen molar-refractivity contribution < 1.29 is 4.39 Å². The van der Waals surface area contributed by atoms with Crippen LogP contribution in [0.5, 0.6) is 0 Å². The summed E-state index contributed by atoms with van der Waals surface area (Å²) in [4.78, 5) is 31.8. The summed E-state index contributed by atoms with van der Waals surface area (Å²) in [6, 6.07) is 23.7. The van der Waals surface area contributed by atoms with Gasteiger partial charge in [-0.2, -0.15) is 0 Å². The summed E-state index contributed by atoms with van der Waals surface area (Å²) in [5, 5.41) is 0. The van der Waals surface area contributed by atoms with Crippen LogP contribution in [0.15, 0.2) is 94.8 Å². The predicted octanol–water partition coefficient (Wildman–Crippen LogP) is 4.90. The molecular formula is C29H27FN4O2. The lowest BCUT2D eigenvalue weighted by Gasteiger charge is -2.14. The maximum Gasteiger partial charge on any atom is 0.337 e. The molecule has 36 heavy (non-hydrogen) atoms. The van der Waals surface area contributed by atoms with Crippen molar-refractivity contribution in [3.8, 4) is 5.69 Å². The SMILES string of the molecule is CC(C)c1ccc(-n2c(=O)n(CCc3ccccc3)c(=O)c3c2ncn3Cc2ccc(F)cc2)cc1. The second-order valence-electron chi connectivity index (χ2n) is 9.23. The van der Waals surface area contributed by atoms with Crippen molar-refractivity contribution in [2.24, 2.45) is 0 Å². The Morgan fingerprint density at radius 2 is 1.56 bits per heavy atom. The predicted molar refractivity (Wildman–Crippen MR) is 139 cm³/mol. The van der Waals surface area contributed by atoms with Gasteiger partial charge in [-0.05, 0) is 53.3 Å². The highest BCUT2D eigenvalue weighted by molar-refractivity contribution is 5.72. The van der Waals surface area contributed by atoms with E-state index in [0.717, 1.165) is 16.7 Å². The van der Waals surface area contributed by atoms with Crippen LogP contribution in [-0.4, -0.2) is 18.7 Å². The quantitative estimate of drug-likeness (QED) is 0.331. The number of nitrogens with zero attached hydrogens (tertiary/aromatic N) is 4. The molecule has 0 bridgehead atoms. The molecule has 0 unspecified atom stereocenters. The standard InChI is InChI=1S/C29H27FN4O2/c1-20(2)23-10-14-25(15-11-23)34-27-26(32(19-31-27)18-22-8-12-24(30)13-9-22)28(35)33(29(34)36)17-16-21-6-4-3-5-7-21/h3-15,19-20H,16-18H2,1-2H3. The molecule has 0 spiro atoms. The van der Waals surface area contributed by atoms with Gasteiger partial charge in [-0.15, -0.1) is 0 Å². The van der Waals surface area contributed by atoms with Gasteiger partial charge in [0.2, 0.25) is 0 Å². The normalized spacial score (nSPS) is 11.4. The van der Waals surface area contributed by atoms with Gasteiger partial charge < -0.3 is 4.57 Å². The first-order valence-corrected chi connectivity index (χ1v) is 12.0. The average Bonchev–Trinajstić information content (AvgIpc) is 3.29. The minimum atomic E-state index is -0.423. The Morgan fingerprint density at radius 1 is 0.861 bits per heavy atom. The smallest absolute Gasteiger partial charge is 0.320 e. The monoisotopic (exact) mass is 482 g/mol. The minimum absolute atomic E-state index is 0.240. The van der Waals surface area contributed by atoms with Crippen molar-refractivity contribution in [2.45, 2.75) is 39.3 Å². The highest BCUT2D eigenvalue weighted by Crippen LogP contribution is 2.19. The molecule has 0 aliphatic rings. The lowest BCUT2D eigenvalue weighted by Crippen LogP contribution is -2.40. The average molecular weight is 483 g/mol. The molecule has 0 fully saturated rings. The Balaban J connectivity index is 1.67. The van der Waals surface area contributed by atoms with Crippen molar-refractivity contribution in [3.05, 3.63) is 129 Å². The number of fused-ring (bicyclic) bond motifs is 1. The molecule has 0 saturated heterocycles. The van der Waals surface area contributed by atoms with Crippen LogP contribution < -0.4 is 11.2 Å². The van der Waals surface area contributed by atoms with Gasteiger partial charge in [0, 0.05) is 13.1 Å². The molecule has 0 atom stereocenters. The summed E-state index contributed by atoms with van der Waals surface area (Å²) in [5.74, 6) is 0.0294. The molecule has 0 radical (unpaired) electrons. The van der Waals surface area contributed by atoms with E-state index in [2.05, 4.69) is 18.8 Å². The van der Waals surface area contributed by atoms with Crippen LogP contribution in [0.1, 0.15) is 36.5 Å². The van der Waals surface area contributed by atoms with Gasteiger partial charge in [0.25, 0.3) is 5.56 Å². The Morgan fingerprint density at radius 3 is 2.22 bits per heavy atom. The van der Waals surface area contributed by atoms with Gasteiger partial charge >= 0.3 is 5.69 Å². The van der Waals surface area contributed by atoms with E-state index in [9.17, 15) is 14.0 Å². The highest BCUT2D eigenvalue weighted by Gasteiger charge is 2.19. The van der Waals surface area contributed by atoms with E-state index in [1.54, 1.807) is 23.0 Å². The summed E-state index contributed by atoms with van der Waals surface area (Å²) in [5.41, 5.74) is 3.49. The lowest BCUT2D eigenvalue weighted by atomic mass is 10.0. The number of imidazole rings is 1. The van der Waals surface area contributed by atoms with Crippen molar-refractivity contribution in [1.29, 1.82) is 0 Å². The Bertz CT molecular complexity index is 1610. The summed E-state index contributed by atoms with van der Waals surface area (Å²) in [6.45, 7) is 4.79. The van der Waals surface area contributed by atoms with E-state index >= 15 is 0 Å². The molecule has 2 heterocycles. The Kier molecular flexibility index (Phi) is 6.38. The van der Waals surface area contributed by atoms with Gasteiger partial charge in [0.1, 0.15) is 5.82 Å².